The van der Waals surface area contributed by atoms with Crippen LogP contribution in [0.25, 0.3) is 0 Å². The van der Waals surface area contributed by atoms with E-state index in [1.807, 2.05) is 0 Å². The minimum absolute atomic E-state index is 0.980. The van der Waals surface area contributed by atoms with Gasteiger partial charge in [0.2, 0.25) is 0 Å². The van der Waals surface area contributed by atoms with E-state index in [0.29, 0.717) is 0 Å². The molecule has 2 saturated carbocycles. The highest BCUT2D eigenvalue weighted by Gasteiger charge is 2.17. The average molecular weight is 362 g/mol. The molecule has 0 N–H and O–H groups in total. The molecule has 0 saturated heterocycles. The summed E-state index contributed by atoms with van der Waals surface area (Å²) in [7, 11) is 2.14. The maximum Gasteiger partial charge on any atom is -0.0195 e. The van der Waals surface area contributed by atoms with Crippen LogP contribution < -0.4 is 10.6 Å². The van der Waals surface area contributed by atoms with Crippen molar-refractivity contribution in [3.63, 3.8) is 0 Å². The molecule has 2 unspecified atom stereocenters. The molecule has 0 radical (unpaired) electrons. The molecule has 2 aliphatic carbocycles. The van der Waals surface area contributed by atoms with Gasteiger partial charge in [-0.1, -0.05) is 106 Å². The fraction of sp³-hybridized carbons (Fsp3) is 0.727. The highest BCUT2D eigenvalue weighted by Crippen LogP contribution is 2.34. The summed E-state index contributed by atoms with van der Waals surface area (Å²) in [6.07, 6.45) is 20.7. The van der Waals surface area contributed by atoms with Crippen molar-refractivity contribution in [2.45, 2.75) is 101 Å². The van der Waals surface area contributed by atoms with E-state index in [9.17, 15) is 0 Å². The maximum absolute atomic E-state index is 2.46. The first-order valence-electron chi connectivity index (χ1n) is 10.5. The minimum atomic E-state index is 0.980. The molecule has 2 aliphatic rings. The van der Waals surface area contributed by atoms with Crippen molar-refractivity contribution in [2.24, 2.45) is 0 Å². The van der Waals surface area contributed by atoms with Crippen LogP contribution in [0.5, 0.6) is 0 Å². The summed E-state index contributed by atoms with van der Waals surface area (Å²) in [5.41, 5.74) is 1.96. The molecular weight excluding hydrogens is 326 g/mol. The van der Waals surface area contributed by atoms with Crippen LogP contribution in [0.3, 0.4) is 0 Å². The fourth-order valence-corrected chi connectivity index (χ4v) is 7.94. The Balaban J connectivity index is 1.61. The zero-order valence-electron chi connectivity index (χ0n) is 15.4. The summed E-state index contributed by atoms with van der Waals surface area (Å²) in [5.74, 6) is 0. The lowest BCUT2D eigenvalue weighted by atomic mass is 10.0. The molecule has 2 heteroatoms. The van der Waals surface area contributed by atoms with Gasteiger partial charge in [-0.05, 0) is 47.6 Å². The molecule has 1 aromatic rings. The fourth-order valence-electron chi connectivity index (χ4n) is 4.38. The third-order valence-electron chi connectivity index (χ3n) is 5.86. The third-order valence-corrected chi connectivity index (χ3v) is 9.57. The molecule has 0 bridgehead atoms. The Bertz CT molecular complexity index is 412. The van der Waals surface area contributed by atoms with E-state index in [1.54, 1.807) is 10.6 Å². The Morgan fingerprint density at radius 1 is 0.500 bits per heavy atom. The first-order chi connectivity index (χ1) is 11.9. The van der Waals surface area contributed by atoms with Gasteiger partial charge in [0.1, 0.15) is 0 Å². The van der Waals surface area contributed by atoms with Crippen molar-refractivity contribution in [3.8, 4) is 0 Å². The second-order valence-electron chi connectivity index (χ2n) is 7.92. The Hall–Kier alpha value is 0.0800. The van der Waals surface area contributed by atoms with E-state index >= 15 is 0 Å². The lowest BCUT2D eigenvalue weighted by Crippen LogP contribution is -2.22. The molecule has 2 atom stereocenters. The van der Waals surface area contributed by atoms with Crippen molar-refractivity contribution in [3.05, 3.63) is 24.3 Å². The second kappa shape index (κ2) is 10.9. The highest BCUT2D eigenvalue weighted by atomic mass is 31.1. The van der Waals surface area contributed by atoms with Crippen LogP contribution in [0.15, 0.2) is 24.3 Å². The van der Waals surface area contributed by atoms with Gasteiger partial charge in [-0.15, -0.1) is 0 Å². The number of hydrogen-bond donors (Lipinski definition) is 0. The zero-order chi connectivity index (χ0) is 16.5. The highest BCUT2D eigenvalue weighted by molar-refractivity contribution is 7.55. The Labute approximate surface area is 153 Å². The summed E-state index contributed by atoms with van der Waals surface area (Å²) in [6.45, 7) is 0. The van der Waals surface area contributed by atoms with Crippen LogP contribution >= 0.6 is 17.2 Å². The number of hydrogen-bond acceptors (Lipinski definition) is 0. The molecule has 0 nitrogen and oxygen atoms in total. The molecule has 0 heterocycles. The van der Waals surface area contributed by atoms with Gasteiger partial charge in [0.05, 0.1) is 0 Å². The normalized spacial score (nSPS) is 23.3. The summed E-state index contributed by atoms with van der Waals surface area (Å²) < 4.78 is 0. The first-order valence-corrected chi connectivity index (χ1v) is 12.7. The molecule has 24 heavy (non-hydrogen) atoms. The van der Waals surface area contributed by atoms with Crippen molar-refractivity contribution in [2.75, 3.05) is 0 Å². The second-order valence-corrected chi connectivity index (χ2v) is 11.2. The van der Waals surface area contributed by atoms with Gasteiger partial charge in [0, 0.05) is 0 Å². The van der Waals surface area contributed by atoms with Crippen molar-refractivity contribution in [1.29, 1.82) is 0 Å². The van der Waals surface area contributed by atoms with Gasteiger partial charge < -0.3 is 0 Å². The first kappa shape index (κ1) is 18.9. The van der Waals surface area contributed by atoms with Gasteiger partial charge in [0.25, 0.3) is 0 Å². The van der Waals surface area contributed by atoms with E-state index in [4.69, 9.17) is 0 Å². The maximum atomic E-state index is 2.46. The van der Waals surface area contributed by atoms with E-state index in [-0.39, 0.29) is 0 Å². The summed E-state index contributed by atoms with van der Waals surface area (Å²) in [4.78, 5) is 0. The lowest BCUT2D eigenvalue weighted by molar-refractivity contribution is 0.511. The van der Waals surface area contributed by atoms with Gasteiger partial charge >= 0.3 is 0 Å². The predicted molar refractivity (Wildman–Crippen MR) is 115 cm³/mol. The molecule has 0 amide bonds. The largest absolute Gasteiger partial charge is 0.0865 e. The van der Waals surface area contributed by atoms with Crippen LogP contribution in [-0.4, -0.2) is 11.3 Å². The monoisotopic (exact) mass is 362 g/mol. The van der Waals surface area contributed by atoms with Gasteiger partial charge in [-0.3, -0.25) is 0 Å². The molecule has 0 aliphatic heterocycles. The Morgan fingerprint density at radius 3 is 1.21 bits per heavy atom. The summed E-state index contributed by atoms with van der Waals surface area (Å²) >= 11 is 0. The smallest absolute Gasteiger partial charge is 0.0195 e. The van der Waals surface area contributed by atoms with E-state index in [1.165, 1.54) is 89.9 Å². The molecule has 0 aromatic heterocycles. The number of benzene rings is 1. The molecular formula is C22H36P2. The average Bonchev–Trinajstić information content (AvgIpc) is 2.54. The molecule has 1 aromatic carbocycles. The van der Waals surface area contributed by atoms with Crippen molar-refractivity contribution >= 4 is 27.8 Å². The lowest BCUT2D eigenvalue weighted by Gasteiger charge is -2.24. The predicted octanol–water partition coefficient (Wildman–Crippen LogP) is 6.52. The van der Waals surface area contributed by atoms with Crippen LogP contribution in [0, 0.1) is 0 Å². The summed E-state index contributed by atoms with van der Waals surface area (Å²) in [6, 6.07) is 9.50. The summed E-state index contributed by atoms with van der Waals surface area (Å²) in [5, 5.41) is 3.45. The number of rotatable bonds is 4. The molecule has 0 spiro atoms. The van der Waals surface area contributed by atoms with E-state index < -0.39 is 0 Å². The molecule has 2 fully saturated rings. The minimum Gasteiger partial charge on any atom is -0.0865 e. The SMILES string of the molecule is c1ccc(PC2CCCCCCC2)c(PC2CCCCCCC2)c1. The topological polar surface area (TPSA) is 0 Å². The molecule has 134 valence electrons. The Kier molecular flexibility index (Phi) is 8.59. The van der Waals surface area contributed by atoms with Crippen LogP contribution in [0.2, 0.25) is 0 Å². The van der Waals surface area contributed by atoms with Crippen LogP contribution in [-0.2, 0) is 0 Å². The van der Waals surface area contributed by atoms with E-state index in [0.717, 1.165) is 28.5 Å². The third kappa shape index (κ3) is 6.42. The van der Waals surface area contributed by atoms with Crippen molar-refractivity contribution in [1.82, 2.24) is 0 Å². The quantitative estimate of drug-likeness (QED) is 0.535. The Morgan fingerprint density at radius 2 is 0.833 bits per heavy atom. The van der Waals surface area contributed by atoms with Crippen LogP contribution in [0.1, 0.15) is 89.9 Å². The van der Waals surface area contributed by atoms with Crippen LogP contribution in [0.4, 0.5) is 0 Å². The van der Waals surface area contributed by atoms with E-state index in [2.05, 4.69) is 24.3 Å². The van der Waals surface area contributed by atoms with Gasteiger partial charge in [0.15, 0.2) is 0 Å². The standard InChI is InChI=1S/C22H36P2/c1-3-7-13-19(14-8-4-1)23-21-17-11-12-18-22(21)24-20-15-9-5-2-6-10-16-20/h11-12,17-20,23-24H,1-10,13-16H2. The van der Waals surface area contributed by atoms with Gasteiger partial charge in [-0.25, -0.2) is 0 Å². The molecule has 3 rings (SSSR count). The van der Waals surface area contributed by atoms with Crippen molar-refractivity contribution < 1.29 is 0 Å². The van der Waals surface area contributed by atoms with Gasteiger partial charge in [-0.2, -0.15) is 0 Å². The zero-order valence-corrected chi connectivity index (χ0v) is 17.4.